The molecule has 0 fully saturated rings. The van der Waals surface area contributed by atoms with E-state index in [2.05, 4.69) is 45.2 Å². The van der Waals surface area contributed by atoms with Crippen LogP contribution in [0, 0.1) is 0 Å². The van der Waals surface area contributed by atoms with Crippen LogP contribution in [0.2, 0.25) is 0 Å². The van der Waals surface area contributed by atoms with Gasteiger partial charge in [-0.15, -0.1) is 11.3 Å². The molecule has 1 aliphatic rings. The Bertz CT molecular complexity index is 603. The molecule has 0 aliphatic carbocycles. The smallest absolute Gasteiger partial charge is 0.177 e. The van der Waals surface area contributed by atoms with Gasteiger partial charge in [0.25, 0.3) is 0 Å². The molecule has 0 bridgehead atoms. The minimum Gasteiger partial charge on any atom is -0.261 e. The zero-order valence-electron chi connectivity index (χ0n) is 11.0. The van der Waals surface area contributed by atoms with E-state index in [4.69, 9.17) is 0 Å². The van der Waals surface area contributed by atoms with Crippen LogP contribution in [0.25, 0.3) is 0 Å². The first-order valence-corrected chi connectivity index (χ1v) is 8.36. The number of hydrazone groups is 1. The summed E-state index contributed by atoms with van der Waals surface area (Å²) in [6.45, 7) is 0.812. The van der Waals surface area contributed by atoms with Crippen molar-refractivity contribution < 1.29 is 0 Å². The Balaban J connectivity index is 1.56. The summed E-state index contributed by atoms with van der Waals surface area (Å²) < 4.78 is 0. The molecule has 1 aromatic heterocycles. The molecule has 0 radical (unpaired) electrons. The van der Waals surface area contributed by atoms with E-state index in [-0.39, 0.29) is 0 Å². The molecular formula is C15H15N3S2. The van der Waals surface area contributed by atoms with Gasteiger partial charge in [0, 0.05) is 23.6 Å². The summed E-state index contributed by atoms with van der Waals surface area (Å²) in [7, 11) is 0. The van der Waals surface area contributed by atoms with E-state index in [1.54, 1.807) is 23.1 Å². The molecule has 5 heteroatoms. The SMILES string of the molecule is c1ccc(C2=NNC(=NCCc3cccs3)SC2)cc1. The van der Waals surface area contributed by atoms with Crippen LogP contribution in [0.4, 0.5) is 0 Å². The maximum Gasteiger partial charge on any atom is 0.177 e. The highest BCUT2D eigenvalue weighted by Crippen LogP contribution is 2.14. The average Bonchev–Trinajstić information content (AvgIpc) is 3.02. The van der Waals surface area contributed by atoms with Crippen molar-refractivity contribution in [2.24, 2.45) is 10.1 Å². The molecule has 0 amide bonds. The number of amidine groups is 1. The molecule has 0 unspecified atom stereocenters. The monoisotopic (exact) mass is 301 g/mol. The molecular weight excluding hydrogens is 286 g/mol. The second kappa shape index (κ2) is 6.72. The van der Waals surface area contributed by atoms with Crippen molar-refractivity contribution >= 4 is 34.0 Å². The van der Waals surface area contributed by atoms with Crippen LogP contribution >= 0.6 is 23.1 Å². The van der Waals surface area contributed by atoms with Crippen LogP contribution in [-0.2, 0) is 6.42 Å². The van der Waals surface area contributed by atoms with E-state index in [9.17, 15) is 0 Å². The van der Waals surface area contributed by atoms with Crippen LogP contribution in [0.15, 0.2) is 57.9 Å². The number of hydrogen-bond acceptors (Lipinski definition) is 4. The van der Waals surface area contributed by atoms with Crippen molar-refractivity contribution in [3.05, 3.63) is 58.3 Å². The molecule has 0 atom stereocenters. The second-order valence-electron chi connectivity index (χ2n) is 4.34. The molecule has 1 aromatic carbocycles. The standard InChI is InChI=1S/C15H15N3S2/c1-2-5-12(6-3-1)14-11-20-15(18-17-14)16-9-8-13-7-4-10-19-13/h1-7,10H,8-9,11H2,(H,16,18). The van der Waals surface area contributed by atoms with Gasteiger partial charge in [0.05, 0.1) is 5.71 Å². The number of aliphatic imine (C=N–C) groups is 1. The molecule has 20 heavy (non-hydrogen) atoms. The molecule has 1 N–H and O–H groups in total. The van der Waals surface area contributed by atoms with Gasteiger partial charge in [0.15, 0.2) is 5.17 Å². The van der Waals surface area contributed by atoms with E-state index in [0.717, 1.165) is 29.6 Å². The maximum atomic E-state index is 4.55. The fourth-order valence-corrected chi connectivity index (χ4v) is 3.39. The average molecular weight is 301 g/mol. The van der Waals surface area contributed by atoms with Crippen molar-refractivity contribution in [3.8, 4) is 0 Å². The van der Waals surface area contributed by atoms with E-state index in [0.29, 0.717) is 0 Å². The number of nitrogens with one attached hydrogen (secondary N) is 1. The molecule has 3 nitrogen and oxygen atoms in total. The normalized spacial score (nSPS) is 16.8. The fraction of sp³-hybridized carbons (Fsp3) is 0.200. The van der Waals surface area contributed by atoms with Crippen molar-refractivity contribution in [3.63, 3.8) is 0 Å². The Morgan fingerprint density at radius 1 is 1.15 bits per heavy atom. The summed E-state index contributed by atoms with van der Waals surface area (Å²) >= 11 is 3.50. The first kappa shape index (κ1) is 13.4. The van der Waals surface area contributed by atoms with E-state index in [1.165, 1.54) is 10.4 Å². The zero-order chi connectivity index (χ0) is 13.6. The molecule has 1 aliphatic heterocycles. The van der Waals surface area contributed by atoms with Gasteiger partial charge in [-0.25, -0.2) is 0 Å². The lowest BCUT2D eigenvalue weighted by atomic mass is 10.1. The Morgan fingerprint density at radius 3 is 2.75 bits per heavy atom. The Kier molecular flexibility index (Phi) is 4.50. The molecule has 0 saturated heterocycles. The van der Waals surface area contributed by atoms with Crippen LogP contribution in [0.5, 0.6) is 0 Å². The third-order valence-corrected chi connectivity index (χ3v) is 4.78. The lowest BCUT2D eigenvalue weighted by Gasteiger charge is -2.14. The van der Waals surface area contributed by atoms with Crippen LogP contribution in [-0.4, -0.2) is 23.2 Å². The number of hydrogen-bond donors (Lipinski definition) is 1. The van der Waals surface area contributed by atoms with Crippen molar-refractivity contribution in [2.75, 3.05) is 12.3 Å². The van der Waals surface area contributed by atoms with Gasteiger partial charge in [-0.05, 0) is 17.0 Å². The number of thiophene rings is 1. The number of thioether (sulfide) groups is 1. The Morgan fingerprint density at radius 2 is 2.05 bits per heavy atom. The van der Waals surface area contributed by atoms with Gasteiger partial charge in [0.1, 0.15) is 0 Å². The molecule has 3 rings (SSSR count). The summed E-state index contributed by atoms with van der Waals surface area (Å²) in [5, 5.41) is 7.44. The van der Waals surface area contributed by atoms with Crippen molar-refractivity contribution in [1.29, 1.82) is 0 Å². The van der Waals surface area contributed by atoms with Gasteiger partial charge in [0.2, 0.25) is 0 Å². The molecule has 102 valence electrons. The predicted octanol–water partition coefficient (Wildman–Crippen LogP) is 3.39. The van der Waals surface area contributed by atoms with E-state index in [1.807, 2.05) is 18.2 Å². The largest absolute Gasteiger partial charge is 0.261 e. The minimum absolute atomic E-state index is 0.812. The summed E-state index contributed by atoms with van der Waals surface area (Å²) in [5.74, 6) is 0.870. The Labute approximate surface area is 126 Å². The lowest BCUT2D eigenvalue weighted by Crippen LogP contribution is -2.25. The molecule has 2 aromatic rings. The lowest BCUT2D eigenvalue weighted by molar-refractivity contribution is 0.954. The zero-order valence-corrected chi connectivity index (χ0v) is 12.6. The van der Waals surface area contributed by atoms with Crippen molar-refractivity contribution in [2.45, 2.75) is 6.42 Å². The highest BCUT2D eigenvalue weighted by atomic mass is 32.2. The fourth-order valence-electron chi connectivity index (χ4n) is 1.90. The minimum atomic E-state index is 0.812. The second-order valence-corrected chi connectivity index (χ2v) is 6.34. The summed E-state index contributed by atoms with van der Waals surface area (Å²) in [4.78, 5) is 5.93. The van der Waals surface area contributed by atoms with Crippen LogP contribution < -0.4 is 5.43 Å². The van der Waals surface area contributed by atoms with E-state index >= 15 is 0 Å². The molecule has 0 saturated carbocycles. The Hall–Kier alpha value is -1.59. The molecule has 2 heterocycles. The number of nitrogens with zero attached hydrogens (tertiary/aromatic N) is 2. The summed E-state index contributed by atoms with van der Waals surface area (Å²) in [5.41, 5.74) is 5.30. The number of benzene rings is 1. The topological polar surface area (TPSA) is 36.8 Å². The maximum absolute atomic E-state index is 4.55. The highest BCUT2D eigenvalue weighted by Gasteiger charge is 2.12. The molecule has 0 spiro atoms. The van der Waals surface area contributed by atoms with Crippen molar-refractivity contribution in [1.82, 2.24) is 5.43 Å². The van der Waals surface area contributed by atoms with Crippen LogP contribution in [0.3, 0.4) is 0 Å². The van der Waals surface area contributed by atoms with Gasteiger partial charge >= 0.3 is 0 Å². The van der Waals surface area contributed by atoms with Gasteiger partial charge in [-0.2, -0.15) is 5.10 Å². The van der Waals surface area contributed by atoms with Gasteiger partial charge in [-0.1, -0.05) is 48.2 Å². The highest BCUT2D eigenvalue weighted by molar-refractivity contribution is 8.14. The van der Waals surface area contributed by atoms with Gasteiger partial charge < -0.3 is 0 Å². The summed E-state index contributed by atoms with van der Waals surface area (Å²) in [6, 6.07) is 14.5. The van der Waals surface area contributed by atoms with Crippen LogP contribution in [0.1, 0.15) is 10.4 Å². The third-order valence-electron chi connectivity index (χ3n) is 2.93. The van der Waals surface area contributed by atoms with Gasteiger partial charge in [-0.3, -0.25) is 10.4 Å². The summed E-state index contributed by atoms with van der Waals surface area (Å²) in [6.07, 6.45) is 0.999. The predicted molar refractivity (Wildman–Crippen MR) is 88.9 cm³/mol. The first-order valence-electron chi connectivity index (χ1n) is 6.49. The quantitative estimate of drug-likeness (QED) is 0.940. The van der Waals surface area contributed by atoms with E-state index < -0.39 is 0 Å². The third kappa shape index (κ3) is 3.49. The first-order chi connectivity index (χ1) is 9.92. The number of rotatable bonds is 4.